The van der Waals surface area contributed by atoms with Gasteiger partial charge >= 0.3 is 0 Å². The summed E-state index contributed by atoms with van der Waals surface area (Å²) < 4.78 is 2.31. The van der Waals surface area contributed by atoms with E-state index in [1.165, 1.54) is 32.9 Å². The van der Waals surface area contributed by atoms with E-state index in [1.807, 2.05) is 11.3 Å². The van der Waals surface area contributed by atoms with Crippen molar-refractivity contribution in [2.75, 3.05) is 0 Å². The lowest BCUT2D eigenvalue weighted by Crippen LogP contribution is -2.33. The molecule has 0 radical (unpaired) electrons. The zero-order valence-electron chi connectivity index (χ0n) is 10.6. The van der Waals surface area contributed by atoms with E-state index in [-0.39, 0.29) is 0 Å². The van der Waals surface area contributed by atoms with Gasteiger partial charge < -0.3 is 0 Å². The zero-order chi connectivity index (χ0) is 11.9. The Labute approximate surface area is 101 Å². The van der Waals surface area contributed by atoms with Crippen molar-refractivity contribution in [2.24, 2.45) is 0 Å². The van der Waals surface area contributed by atoms with Gasteiger partial charge in [-0.1, -0.05) is 16.9 Å². The van der Waals surface area contributed by atoms with Crippen LogP contribution >= 0.6 is 11.3 Å². The first kappa shape index (κ1) is 11.3. The number of aromatic nitrogens is 1. The van der Waals surface area contributed by atoms with E-state index in [0.29, 0.717) is 0 Å². The van der Waals surface area contributed by atoms with Crippen LogP contribution in [0.4, 0.5) is 0 Å². The lowest BCUT2D eigenvalue weighted by molar-refractivity contribution is -0.598. The fraction of sp³-hybridized carbons (Fsp3) is 0.357. The quantitative estimate of drug-likeness (QED) is 0.662. The van der Waals surface area contributed by atoms with Crippen LogP contribution in [0.1, 0.15) is 27.3 Å². The van der Waals surface area contributed by atoms with Crippen LogP contribution in [0.25, 0.3) is 5.69 Å². The molecule has 0 N–H and O–H groups in total. The molecule has 0 spiro atoms. The van der Waals surface area contributed by atoms with E-state index in [1.54, 1.807) is 0 Å². The molecule has 0 aliphatic rings. The van der Waals surface area contributed by atoms with E-state index in [0.717, 1.165) is 0 Å². The Morgan fingerprint density at radius 3 is 1.94 bits per heavy atom. The van der Waals surface area contributed by atoms with Crippen molar-refractivity contribution < 1.29 is 4.57 Å². The zero-order valence-corrected chi connectivity index (χ0v) is 11.4. The summed E-state index contributed by atoms with van der Waals surface area (Å²) in [6, 6.07) is 4.50. The number of aryl methyl sites for hydroxylation is 4. The molecule has 0 fully saturated rings. The average molecular weight is 232 g/mol. The highest BCUT2D eigenvalue weighted by molar-refractivity contribution is 7.09. The van der Waals surface area contributed by atoms with Crippen molar-refractivity contribution in [1.82, 2.24) is 0 Å². The Bertz CT molecular complexity index is 515. The molecule has 0 unspecified atom stereocenters. The summed E-state index contributed by atoms with van der Waals surface area (Å²) >= 11 is 1.81. The molecule has 1 nitrogen and oxygen atoms in total. The maximum absolute atomic E-state index is 2.31. The van der Waals surface area contributed by atoms with Crippen LogP contribution in [0.2, 0.25) is 0 Å². The van der Waals surface area contributed by atoms with Crippen LogP contribution in [0.15, 0.2) is 17.6 Å². The monoisotopic (exact) mass is 232 g/mol. The molecular formula is C14H18NS+. The first-order valence-electron chi connectivity index (χ1n) is 5.55. The SMILES string of the molecule is Cc1cc(C)c(-[n+]2csc(C)c2C)c(C)c1. The Balaban J connectivity index is 2.69. The molecule has 0 amide bonds. The van der Waals surface area contributed by atoms with Gasteiger partial charge in [-0.25, -0.2) is 0 Å². The molecule has 2 aromatic rings. The molecule has 84 valence electrons. The average Bonchev–Trinajstić information content (AvgIpc) is 2.48. The Morgan fingerprint density at radius 2 is 1.50 bits per heavy atom. The number of benzene rings is 1. The number of rotatable bonds is 1. The maximum Gasteiger partial charge on any atom is 0.231 e. The van der Waals surface area contributed by atoms with Crippen LogP contribution in [0.3, 0.4) is 0 Å². The predicted molar refractivity (Wildman–Crippen MR) is 69.5 cm³/mol. The van der Waals surface area contributed by atoms with Crippen LogP contribution in [-0.4, -0.2) is 0 Å². The molecular weight excluding hydrogens is 214 g/mol. The highest BCUT2D eigenvalue weighted by Crippen LogP contribution is 2.19. The molecule has 0 aliphatic heterocycles. The van der Waals surface area contributed by atoms with Gasteiger partial charge in [-0.3, -0.25) is 0 Å². The van der Waals surface area contributed by atoms with E-state index in [2.05, 4.69) is 56.8 Å². The summed E-state index contributed by atoms with van der Waals surface area (Å²) in [5.41, 5.74) is 8.93. The highest BCUT2D eigenvalue weighted by Gasteiger charge is 2.19. The Kier molecular flexibility index (Phi) is 2.85. The summed E-state index contributed by atoms with van der Waals surface area (Å²) in [6.07, 6.45) is 0. The van der Waals surface area contributed by atoms with E-state index >= 15 is 0 Å². The highest BCUT2D eigenvalue weighted by atomic mass is 32.1. The lowest BCUT2D eigenvalue weighted by atomic mass is 10.0. The molecule has 16 heavy (non-hydrogen) atoms. The molecule has 0 aliphatic carbocycles. The van der Waals surface area contributed by atoms with Gasteiger partial charge in [0.1, 0.15) is 0 Å². The van der Waals surface area contributed by atoms with E-state index in [4.69, 9.17) is 0 Å². The summed E-state index contributed by atoms with van der Waals surface area (Å²) in [7, 11) is 0. The summed E-state index contributed by atoms with van der Waals surface area (Å²) in [5.74, 6) is 0. The lowest BCUT2D eigenvalue weighted by Gasteiger charge is -2.05. The minimum Gasteiger partial charge on any atom is -0.154 e. The number of hydrogen-bond acceptors (Lipinski definition) is 1. The number of hydrogen-bond donors (Lipinski definition) is 0. The van der Waals surface area contributed by atoms with Gasteiger partial charge in [-0.15, -0.1) is 0 Å². The molecule has 1 heterocycles. The third-order valence-electron chi connectivity index (χ3n) is 3.08. The van der Waals surface area contributed by atoms with Crippen molar-refractivity contribution >= 4 is 11.3 Å². The van der Waals surface area contributed by atoms with Crippen molar-refractivity contribution in [1.29, 1.82) is 0 Å². The van der Waals surface area contributed by atoms with Crippen molar-refractivity contribution in [3.63, 3.8) is 0 Å². The van der Waals surface area contributed by atoms with Crippen molar-refractivity contribution in [2.45, 2.75) is 34.6 Å². The molecule has 0 bridgehead atoms. The Hall–Kier alpha value is -1.15. The predicted octanol–water partition coefficient (Wildman–Crippen LogP) is 3.57. The van der Waals surface area contributed by atoms with Crippen molar-refractivity contribution in [3.05, 3.63) is 44.9 Å². The maximum atomic E-state index is 2.31. The molecule has 0 atom stereocenters. The van der Waals surface area contributed by atoms with Gasteiger partial charge in [0.2, 0.25) is 11.2 Å². The van der Waals surface area contributed by atoms with Gasteiger partial charge in [-0.2, -0.15) is 4.57 Å². The number of nitrogens with zero attached hydrogens (tertiary/aromatic N) is 1. The fourth-order valence-electron chi connectivity index (χ4n) is 2.24. The second kappa shape index (κ2) is 4.02. The topological polar surface area (TPSA) is 3.88 Å². The summed E-state index contributed by atoms with van der Waals surface area (Å²) in [6.45, 7) is 10.9. The molecule has 2 rings (SSSR count). The van der Waals surface area contributed by atoms with Gasteiger partial charge in [0.15, 0.2) is 5.69 Å². The minimum absolute atomic E-state index is 1.34. The molecule has 1 aromatic heterocycles. The minimum atomic E-state index is 1.34. The summed E-state index contributed by atoms with van der Waals surface area (Å²) in [5, 5.41) is 0. The standard InChI is InChI=1S/C14H18NS/c1-9-6-10(2)14(11(3)7-9)15-8-16-13(5)12(15)4/h6-8H,1-5H3/q+1. The first-order valence-corrected chi connectivity index (χ1v) is 6.43. The molecule has 0 saturated carbocycles. The van der Waals surface area contributed by atoms with Crippen molar-refractivity contribution in [3.8, 4) is 5.69 Å². The van der Waals surface area contributed by atoms with Gasteiger partial charge in [-0.05, 0) is 39.8 Å². The van der Waals surface area contributed by atoms with E-state index < -0.39 is 0 Å². The smallest absolute Gasteiger partial charge is 0.154 e. The van der Waals surface area contributed by atoms with Crippen LogP contribution < -0.4 is 4.57 Å². The normalized spacial score (nSPS) is 10.8. The second-order valence-electron chi connectivity index (χ2n) is 4.48. The third-order valence-corrected chi connectivity index (χ3v) is 4.05. The summed E-state index contributed by atoms with van der Waals surface area (Å²) in [4.78, 5) is 1.39. The van der Waals surface area contributed by atoms with Gasteiger partial charge in [0, 0.05) is 18.1 Å². The fourth-order valence-corrected chi connectivity index (χ4v) is 3.03. The largest absolute Gasteiger partial charge is 0.231 e. The second-order valence-corrected chi connectivity index (χ2v) is 5.54. The van der Waals surface area contributed by atoms with Crippen LogP contribution in [0.5, 0.6) is 0 Å². The molecule has 1 aromatic carbocycles. The Morgan fingerprint density at radius 1 is 0.938 bits per heavy atom. The van der Waals surface area contributed by atoms with Crippen LogP contribution in [-0.2, 0) is 0 Å². The van der Waals surface area contributed by atoms with Gasteiger partial charge in [0.25, 0.3) is 0 Å². The third kappa shape index (κ3) is 1.78. The number of thiazole rings is 1. The van der Waals surface area contributed by atoms with Crippen LogP contribution in [0, 0.1) is 34.6 Å². The van der Waals surface area contributed by atoms with E-state index in [9.17, 15) is 0 Å². The molecule has 2 heteroatoms. The van der Waals surface area contributed by atoms with Gasteiger partial charge in [0.05, 0.1) is 4.88 Å². The molecule has 0 saturated heterocycles. The first-order chi connectivity index (χ1) is 7.50.